The Labute approximate surface area is 120 Å². The monoisotopic (exact) mass is 265 g/mol. The van der Waals surface area contributed by atoms with Crippen LogP contribution in [-0.2, 0) is 0 Å². The van der Waals surface area contributed by atoms with Crippen molar-refractivity contribution in [3.8, 4) is 0 Å². The molecule has 1 fully saturated rings. The Bertz CT molecular complexity index is 599. The molecule has 0 unspecified atom stereocenters. The molecule has 0 spiro atoms. The summed E-state index contributed by atoms with van der Waals surface area (Å²) in [5.41, 5.74) is 4.65. The third-order valence-electron chi connectivity index (χ3n) is 3.72. The lowest BCUT2D eigenvalue weighted by atomic mass is 10.1. The summed E-state index contributed by atoms with van der Waals surface area (Å²) < 4.78 is 0. The highest BCUT2D eigenvalue weighted by Gasteiger charge is 2.12. The summed E-state index contributed by atoms with van der Waals surface area (Å²) in [6, 6.07) is 10.5. The van der Waals surface area contributed by atoms with E-state index in [-0.39, 0.29) is 0 Å². The first-order valence-corrected chi connectivity index (χ1v) is 7.12. The van der Waals surface area contributed by atoms with Gasteiger partial charge in [-0.25, -0.2) is 0 Å². The third-order valence-corrected chi connectivity index (χ3v) is 3.72. The van der Waals surface area contributed by atoms with Crippen molar-refractivity contribution >= 4 is 17.6 Å². The quantitative estimate of drug-likeness (QED) is 0.791. The van der Waals surface area contributed by atoms with Gasteiger partial charge in [0.15, 0.2) is 0 Å². The molecular formula is C17H19N3. The lowest BCUT2D eigenvalue weighted by Gasteiger charge is -2.18. The van der Waals surface area contributed by atoms with Crippen molar-refractivity contribution in [1.82, 2.24) is 4.98 Å². The van der Waals surface area contributed by atoms with Crippen LogP contribution in [0.3, 0.4) is 0 Å². The van der Waals surface area contributed by atoms with Crippen molar-refractivity contribution in [2.75, 3.05) is 18.0 Å². The van der Waals surface area contributed by atoms with E-state index >= 15 is 0 Å². The van der Waals surface area contributed by atoms with Crippen LogP contribution in [0.1, 0.15) is 24.0 Å². The fraction of sp³-hybridized carbons (Fsp3) is 0.294. The molecule has 1 aliphatic heterocycles. The van der Waals surface area contributed by atoms with E-state index in [1.165, 1.54) is 37.2 Å². The largest absolute Gasteiger partial charge is 0.372 e. The fourth-order valence-corrected chi connectivity index (χ4v) is 2.55. The van der Waals surface area contributed by atoms with Crippen LogP contribution >= 0.6 is 0 Å². The lowest BCUT2D eigenvalue weighted by Crippen LogP contribution is -2.17. The Morgan fingerprint density at radius 1 is 1.20 bits per heavy atom. The minimum atomic E-state index is 0.885. The number of rotatable bonds is 3. The molecule has 3 heteroatoms. The average Bonchev–Trinajstić information content (AvgIpc) is 3.01. The number of pyridine rings is 1. The number of hydrogen-bond acceptors (Lipinski definition) is 3. The lowest BCUT2D eigenvalue weighted by molar-refractivity contribution is 0.949. The second-order valence-corrected chi connectivity index (χ2v) is 5.20. The van der Waals surface area contributed by atoms with Gasteiger partial charge in [-0.2, -0.15) is 0 Å². The molecule has 0 bridgehead atoms. The van der Waals surface area contributed by atoms with Crippen molar-refractivity contribution < 1.29 is 0 Å². The van der Waals surface area contributed by atoms with Crippen LogP contribution in [0.15, 0.2) is 47.7 Å². The number of anilines is 1. The first-order valence-electron chi connectivity index (χ1n) is 7.12. The van der Waals surface area contributed by atoms with Crippen LogP contribution in [0.4, 0.5) is 11.4 Å². The maximum atomic E-state index is 4.46. The highest BCUT2D eigenvalue weighted by Crippen LogP contribution is 2.22. The van der Waals surface area contributed by atoms with Crippen LogP contribution in [-0.4, -0.2) is 24.3 Å². The van der Waals surface area contributed by atoms with E-state index in [0.717, 1.165) is 11.3 Å². The molecule has 20 heavy (non-hydrogen) atoms. The molecule has 0 aliphatic carbocycles. The molecule has 0 amide bonds. The Morgan fingerprint density at radius 3 is 2.75 bits per heavy atom. The van der Waals surface area contributed by atoms with Gasteiger partial charge in [0.05, 0.1) is 11.9 Å². The van der Waals surface area contributed by atoms with E-state index in [1.54, 1.807) is 12.4 Å². The van der Waals surface area contributed by atoms with Gasteiger partial charge in [0, 0.05) is 31.2 Å². The summed E-state index contributed by atoms with van der Waals surface area (Å²) in [4.78, 5) is 11.0. The Balaban J connectivity index is 1.79. The van der Waals surface area contributed by atoms with Crippen LogP contribution < -0.4 is 4.90 Å². The Hall–Kier alpha value is -2.16. The van der Waals surface area contributed by atoms with Gasteiger partial charge in [0.25, 0.3) is 0 Å². The van der Waals surface area contributed by atoms with Crippen molar-refractivity contribution in [2.24, 2.45) is 4.99 Å². The molecule has 3 rings (SSSR count). The van der Waals surface area contributed by atoms with Crippen LogP contribution in [0.5, 0.6) is 0 Å². The fourth-order valence-electron chi connectivity index (χ4n) is 2.55. The topological polar surface area (TPSA) is 28.5 Å². The van der Waals surface area contributed by atoms with Crippen LogP contribution in [0.2, 0.25) is 0 Å². The number of nitrogens with zero attached hydrogens (tertiary/aromatic N) is 3. The Morgan fingerprint density at radius 2 is 2.05 bits per heavy atom. The van der Waals surface area contributed by atoms with E-state index in [2.05, 4.69) is 40.0 Å². The molecule has 1 aromatic carbocycles. The van der Waals surface area contributed by atoms with Gasteiger partial charge in [0.2, 0.25) is 0 Å². The maximum absolute atomic E-state index is 4.46. The summed E-state index contributed by atoms with van der Waals surface area (Å²) in [5, 5.41) is 0. The van der Waals surface area contributed by atoms with Gasteiger partial charge in [0.1, 0.15) is 0 Å². The molecule has 0 atom stereocenters. The zero-order valence-corrected chi connectivity index (χ0v) is 11.8. The summed E-state index contributed by atoms with van der Waals surface area (Å²) in [6.45, 7) is 4.51. The summed E-state index contributed by atoms with van der Waals surface area (Å²) >= 11 is 0. The van der Waals surface area contributed by atoms with Crippen molar-refractivity contribution in [3.63, 3.8) is 0 Å². The number of aliphatic imine (C=N–C) groups is 1. The van der Waals surface area contributed by atoms with E-state index in [4.69, 9.17) is 0 Å². The minimum absolute atomic E-state index is 0.885. The molecule has 102 valence electrons. The van der Waals surface area contributed by atoms with E-state index in [9.17, 15) is 0 Å². The van der Waals surface area contributed by atoms with Gasteiger partial charge >= 0.3 is 0 Å². The second kappa shape index (κ2) is 5.87. The van der Waals surface area contributed by atoms with E-state index in [0.29, 0.717) is 0 Å². The van der Waals surface area contributed by atoms with E-state index < -0.39 is 0 Å². The zero-order chi connectivity index (χ0) is 13.8. The summed E-state index contributed by atoms with van der Waals surface area (Å²) in [5.74, 6) is 0. The number of aromatic nitrogens is 1. The predicted molar refractivity (Wildman–Crippen MR) is 84.1 cm³/mol. The molecule has 2 heterocycles. The number of hydrogen-bond donors (Lipinski definition) is 0. The summed E-state index contributed by atoms with van der Waals surface area (Å²) in [6.07, 6.45) is 8.06. The standard InChI is InChI=1S/C17H19N3/c1-14-11-17(20-9-2-3-10-20)7-6-15(14)12-19-16-5-4-8-18-13-16/h4-8,11-13H,2-3,9-10H2,1H3. The van der Waals surface area contributed by atoms with Gasteiger partial charge in [-0.05, 0) is 55.2 Å². The van der Waals surface area contributed by atoms with Gasteiger partial charge in [-0.1, -0.05) is 6.07 Å². The zero-order valence-electron chi connectivity index (χ0n) is 11.8. The first kappa shape index (κ1) is 12.9. The smallest absolute Gasteiger partial charge is 0.0813 e. The highest BCUT2D eigenvalue weighted by atomic mass is 15.1. The van der Waals surface area contributed by atoms with Gasteiger partial charge in [-0.15, -0.1) is 0 Å². The number of aryl methyl sites for hydroxylation is 1. The SMILES string of the molecule is Cc1cc(N2CCCC2)ccc1C=Nc1cccnc1. The van der Waals surface area contributed by atoms with Crippen molar-refractivity contribution in [2.45, 2.75) is 19.8 Å². The predicted octanol–water partition coefficient (Wildman–Crippen LogP) is 3.74. The molecular weight excluding hydrogens is 246 g/mol. The normalized spacial score (nSPS) is 15.2. The average molecular weight is 265 g/mol. The number of benzene rings is 1. The van der Waals surface area contributed by atoms with Crippen LogP contribution in [0, 0.1) is 6.92 Å². The molecule has 1 aliphatic rings. The summed E-state index contributed by atoms with van der Waals surface area (Å²) in [7, 11) is 0. The van der Waals surface area contributed by atoms with E-state index in [1.807, 2.05) is 18.3 Å². The molecule has 2 aromatic rings. The second-order valence-electron chi connectivity index (χ2n) is 5.20. The Kier molecular flexibility index (Phi) is 3.77. The van der Waals surface area contributed by atoms with Gasteiger partial charge < -0.3 is 4.90 Å². The molecule has 0 radical (unpaired) electrons. The first-order chi connectivity index (χ1) is 9.83. The molecule has 1 saturated heterocycles. The molecule has 0 N–H and O–H groups in total. The third kappa shape index (κ3) is 2.87. The minimum Gasteiger partial charge on any atom is -0.372 e. The van der Waals surface area contributed by atoms with Crippen LogP contribution in [0.25, 0.3) is 0 Å². The molecule has 0 saturated carbocycles. The highest BCUT2D eigenvalue weighted by molar-refractivity contribution is 5.84. The van der Waals surface area contributed by atoms with Crippen molar-refractivity contribution in [1.29, 1.82) is 0 Å². The molecule has 1 aromatic heterocycles. The van der Waals surface area contributed by atoms with Crippen molar-refractivity contribution in [3.05, 3.63) is 53.9 Å². The molecule has 3 nitrogen and oxygen atoms in total. The van der Waals surface area contributed by atoms with Gasteiger partial charge in [-0.3, -0.25) is 9.98 Å². The maximum Gasteiger partial charge on any atom is 0.0813 e.